The Labute approximate surface area is 129 Å². The molecule has 1 amide bonds. The van der Waals surface area contributed by atoms with Gasteiger partial charge in [-0.05, 0) is 24.1 Å². The van der Waals surface area contributed by atoms with Crippen LogP contribution in [-0.2, 0) is 27.4 Å². The normalized spacial score (nSPS) is 10.3. The second-order valence-electron chi connectivity index (χ2n) is 4.96. The number of rotatable bonds is 6. The van der Waals surface area contributed by atoms with E-state index in [1.165, 1.54) is 16.7 Å². The average molecular weight is 301 g/mol. The van der Waals surface area contributed by atoms with Gasteiger partial charge in [-0.3, -0.25) is 14.3 Å². The Morgan fingerprint density at radius 3 is 2.68 bits per heavy atom. The Hall–Kier alpha value is -2.63. The molecule has 0 saturated carbocycles. The molecule has 1 aromatic carbocycles. The van der Waals surface area contributed by atoms with Crippen LogP contribution >= 0.6 is 0 Å². The number of esters is 1. The molecule has 0 unspecified atom stereocenters. The summed E-state index contributed by atoms with van der Waals surface area (Å²) in [5.41, 5.74) is 2.07. The number of nitrogens with zero attached hydrogens (tertiary/aromatic N) is 3. The number of hydrogen-bond acceptors (Lipinski definition) is 4. The van der Waals surface area contributed by atoms with Gasteiger partial charge >= 0.3 is 5.97 Å². The Morgan fingerprint density at radius 2 is 2.05 bits per heavy atom. The number of carbonyl (C=O) groups is 2. The molecular weight excluding hydrogens is 282 g/mol. The third-order valence-electron chi connectivity index (χ3n) is 3.38. The summed E-state index contributed by atoms with van der Waals surface area (Å²) in [5, 5.41) is 4.02. The van der Waals surface area contributed by atoms with Gasteiger partial charge in [-0.1, -0.05) is 24.3 Å². The van der Waals surface area contributed by atoms with E-state index in [0.717, 1.165) is 11.1 Å². The third-order valence-corrected chi connectivity index (χ3v) is 3.38. The number of aryl methyl sites for hydroxylation is 1. The smallest absolute Gasteiger partial charge is 0.325 e. The lowest BCUT2D eigenvalue weighted by Crippen LogP contribution is -2.38. The van der Waals surface area contributed by atoms with E-state index in [0.29, 0.717) is 6.54 Å². The van der Waals surface area contributed by atoms with Crippen LogP contribution in [0.2, 0.25) is 0 Å². The molecule has 0 aliphatic rings. The fraction of sp³-hybridized carbons (Fsp3) is 0.312. The van der Waals surface area contributed by atoms with Crippen molar-refractivity contribution >= 4 is 11.9 Å². The van der Waals surface area contributed by atoms with Crippen LogP contribution in [0.3, 0.4) is 0 Å². The minimum Gasteiger partial charge on any atom is -0.468 e. The fourth-order valence-electron chi connectivity index (χ4n) is 2.08. The largest absolute Gasteiger partial charge is 0.468 e. The molecule has 0 bridgehead atoms. The first-order chi connectivity index (χ1) is 10.6. The van der Waals surface area contributed by atoms with Gasteiger partial charge in [0.05, 0.1) is 7.11 Å². The number of methoxy groups -OCH3 is 1. The molecule has 1 heterocycles. The van der Waals surface area contributed by atoms with Crippen molar-refractivity contribution in [1.82, 2.24) is 14.7 Å². The topological polar surface area (TPSA) is 64.4 Å². The van der Waals surface area contributed by atoms with Gasteiger partial charge in [-0.2, -0.15) is 5.10 Å². The molecule has 1 aromatic heterocycles. The number of amides is 1. The maximum absolute atomic E-state index is 12.4. The van der Waals surface area contributed by atoms with Crippen molar-refractivity contribution < 1.29 is 14.3 Å². The SMILES string of the molecule is COC(=O)CN(Cc1ccccc1C)C(=O)Cn1cccn1. The lowest BCUT2D eigenvalue weighted by molar-refractivity contribution is -0.147. The molecule has 2 rings (SSSR count). The maximum atomic E-state index is 12.4. The van der Waals surface area contributed by atoms with Gasteiger partial charge in [0, 0.05) is 18.9 Å². The van der Waals surface area contributed by atoms with Crippen LogP contribution < -0.4 is 0 Å². The number of hydrogen-bond donors (Lipinski definition) is 0. The van der Waals surface area contributed by atoms with Gasteiger partial charge in [-0.15, -0.1) is 0 Å². The zero-order chi connectivity index (χ0) is 15.9. The van der Waals surface area contributed by atoms with E-state index in [2.05, 4.69) is 9.84 Å². The summed E-state index contributed by atoms with van der Waals surface area (Å²) in [6.45, 7) is 2.35. The van der Waals surface area contributed by atoms with E-state index in [1.54, 1.807) is 18.5 Å². The molecule has 0 spiro atoms. The summed E-state index contributed by atoms with van der Waals surface area (Å²) in [6, 6.07) is 9.52. The summed E-state index contributed by atoms with van der Waals surface area (Å²) in [7, 11) is 1.31. The van der Waals surface area contributed by atoms with Crippen molar-refractivity contribution in [2.75, 3.05) is 13.7 Å². The van der Waals surface area contributed by atoms with Gasteiger partial charge in [0.1, 0.15) is 13.1 Å². The molecule has 6 nitrogen and oxygen atoms in total. The number of carbonyl (C=O) groups excluding carboxylic acids is 2. The van der Waals surface area contributed by atoms with Gasteiger partial charge in [0.15, 0.2) is 0 Å². The highest BCUT2D eigenvalue weighted by molar-refractivity contribution is 5.81. The first-order valence-electron chi connectivity index (χ1n) is 6.96. The summed E-state index contributed by atoms with van der Waals surface area (Å²) in [6.07, 6.45) is 3.32. The quantitative estimate of drug-likeness (QED) is 0.756. The molecule has 0 aliphatic carbocycles. The fourth-order valence-corrected chi connectivity index (χ4v) is 2.08. The first-order valence-corrected chi connectivity index (χ1v) is 6.96. The van der Waals surface area contributed by atoms with Crippen molar-refractivity contribution in [3.63, 3.8) is 0 Å². The standard InChI is InChI=1S/C16H19N3O3/c1-13-6-3-4-7-14(13)10-18(12-16(21)22-2)15(20)11-19-9-5-8-17-19/h3-9H,10-12H2,1-2H3. The lowest BCUT2D eigenvalue weighted by atomic mass is 10.1. The summed E-state index contributed by atoms with van der Waals surface area (Å²) < 4.78 is 6.21. The van der Waals surface area contributed by atoms with Crippen LogP contribution in [0.15, 0.2) is 42.7 Å². The van der Waals surface area contributed by atoms with E-state index in [-0.39, 0.29) is 19.0 Å². The van der Waals surface area contributed by atoms with Crippen LogP contribution in [-0.4, -0.2) is 40.2 Å². The zero-order valence-corrected chi connectivity index (χ0v) is 12.7. The molecule has 0 radical (unpaired) electrons. The highest BCUT2D eigenvalue weighted by Crippen LogP contribution is 2.11. The molecule has 0 N–H and O–H groups in total. The van der Waals surface area contributed by atoms with Crippen LogP contribution in [0.1, 0.15) is 11.1 Å². The van der Waals surface area contributed by atoms with E-state index < -0.39 is 5.97 Å². The van der Waals surface area contributed by atoms with Crippen LogP contribution in [0.4, 0.5) is 0 Å². The van der Waals surface area contributed by atoms with Crippen molar-refractivity contribution in [3.05, 3.63) is 53.9 Å². The molecule has 0 atom stereocenters. The van der Waals surface area contributed by atoms with E-state index >= 15 is 0 Å². The van der Waals surface area contributed by atoms with Gasteiger partial charge in [-0.25, -0.2) is 0 Å². The Kier molecular flexibility index (Phi) is 5.30. The Balaban J connectivity index is 2.13. The second-order valence-corrected chi connectivity index (χ2v) is 4.96. The minimum absolute atomic E-state index is 0.0784. The molecule has 22 heavy (non-hydrogen) atoms. The van der Waals surface area contributed by atoms with Crippen LogP contribution in [0.25, 0.3) is 0 Å². The van der Waals surface area contributed by atoms with E-state index in [9.17, 15) is 9.59 Å². The highest BCUT2D eigenvalue weighted by Gasteiger charge is 2.19. The number of benzene rings is 1. The average Bonchev–Trinajstić information content (AvgIpc) is 3.01. The predicted molar refractivity (Wildman–Crippen MR) is 80.8 cm³/mol. The maximum Gasteiger partial charge on any atom is 0.325 e. The number of aromatic nitrogens is 2. The first kappa shape index (κ1) is 15.8. The van der Waals surface area contributed by atoms with Crippen molar-refractivity contribution in [1.29, 1.82) is 0 Å². The molecule has 116 valence electrons. The van der Waals surface area contributed by atoms with Gasteiger partial charge in [0.25, 0.3) is 0 Å². The summed E-state index contributed by atoms with van der Waals surface area (Å²) in [4.78, 5) is 25.5. The summed E-state index contributed by atoms with van der Waals surface area (Å²) in [5.74, 6) is -0.625. The van der Waals surface area contributed by atoms with E-state index in [1.807, 2.05) is 31.2 Å². The molecule has 0 fully saturated rings. The number of ether oxygens (including phenoxy) is 1. The van der Waals surface area contributed by atoms with Crippen LogP contribution in [0.5, 0.6) is 0 Å². The third kappa shape index (κ3) is 4.18. The van der Waals surface area contributed by atoms with Crippen molar-refractivity contribution in [2.45, 2.75) is 20.0 Å². The minimum atomic E-state index is -0.442. The van der Waals surface area contributed by atoms with Gasteiger partial charge < -0.3 is 9.64 Å². The second kappa shape index (κ2) is 7.40. The van der Waals surface area contributed by atoms with Crippen LogP contribution in [0, 0.1) is 6.92 Å². The summed E-state index contributed by atoms with van der Waals surface area (Å²) >= 11 is 0. The van der Waals surface area contributed by atoms with Gasteiger partial charge in [0.2, 0.25) is 5.91 Å². The molecule has 0 aliphatic heterocycles. The monoisotopic (exact) mass is 301 g/mol. The Bertz CT molecular complexity index is 638. The van der Waals surface area contributed by atoms with Crippen molar-refractivity contribution in [2.24, 2.45) is 0 Å². The predicted octanol–water partition coefficient (Wildman–Crippen LogP) is 1.39. The highest BCUT2D eigenvalue weighted by atomic mass is 16.5. The Morgan fingerprint density at radius 1 is 1.27 bits per heavy atom. The van der Waals surface area contributed by atoms with Crippen molar-refractivity contribution in [3.8, 4) is 0 Å². The molecule has 6 heteroatoms. The molecule has 2 aromatic rings. The van der Waals surface area contributed by atoms with E-state index in [4.69, 9.17) is 0 Å². The lowest BCUT2D eigenvalue weighted by Gasteiger charge is -2.22. The molecular formula is C16H19N3O3. The zero-order valence-electron chi connectivity index (χ0n) is 12.7. The molecule has 0 saturated heterocycles.